The number of benzene rings is 1. The molecule has 1 heterocycles. The van der Waals surface area contributed by atoms with Crippen molar-refractivity contribution in [2.24, 2.45) is 0 Å². The summed E-state index contributed by atoms with van der Waals surface area (Å²) < 4.78 is 44.5. The molecule has 1 saturated heterocycles. The summed E-state index contributed by atoms with van der Waals surface area (Å²) in [5, 5.41) is 2.61. The second-order valence-electron chi connectivity index (χ2n) is 9.69. The summed E-state index contributed by atoms with van der Waals surface area (Å²) >= 11 is 0. The molecule has 8 nitrogen and oxygen atoms in total. The topological polar surface area (TPSA) is 103 Å². The summed E-state index contributed by atoms with van der Waals surface area (Å²) in [6, 6.07) is 4.86. The molecule has 0 aliphatic carbocycles. The highest BCUT2D eigenvalue weighted by atomic mass is 32.2. The molecule has 2 rings (SSSR count). The van der Waals surface area contributed by atoms with E-state index in [2.05, 4.69) is 10.0 Å². The fourth-order valence-electron chi connectivity index (χ4n) is 2.56. The molecule has 0 radical (unpaired) electrons. The van der Waals surface area contributed by atoms with E-state index in [0.29, 0.717) is 11.2 Å². The normalized spacial score (nSPS) is 18.4. The van der Waals surface area contributed by atoms with Crippen LogP contribution in [-0.4, -0.2) is 43.7 Å². The molecule has 0 unspecified atom stereocenters. The van der Waals surface area contributed by atoms with E-state index in [9.17, 15) is 13.2 Å². The molecule has 1 aliphatic rings. The summed E-state index contributed by atoms with van der Waals surface area (Å²) in [5.41, 5.74) is -0.00591. The van der Waals surface area contributed by atoms with Gasteiger partial charge in [-0.2, -0.15) is 0 Å². The van der Waals surface area contributed by atoms with Crippen LogP contribution in [-0.2, 0) is 24.1 Å². The highest BCUT2D eigenvalue weighted by Crippen LogP contribution is 2.37. The number of hydrogen-bond donors (Lipinski definition) is 2. The summed E-state index contributed by atoms with van der Waals surface area (Å²) in [6.07, 6.45) is -0.911. The maximum atomic E-state index is 12.8. The molecule has 0 atom stereocenters. The third-order valence-corrected chi connectivity index (χ3v) is 7.30. The van der Waals surface area contributed by atoms with E-state index >= 15 is 0 Å². The third-order valence-electron chi connectivity index (χ3n) is 5.20. The molecule has 1 aromatic carbocycles. The van der Waals surface area contributed by atoms with Crippen molar-refractivity contribution in [2.45, 2.75) is 84.4 Å². The molecule has 168 valence electrons. The Hall–Kier alpha value is -1.78. The Balaban J connectivity index is 2.45. The number of nitrogens with one attached hydrogen (secondary N) is 2. The predicted octanol–water partition coefficient (Wildman–Crippen LogP) is 3.48. The van der Waals surface area contributed by atoms with Crippen LogP contribution in [0.15, 0.2) is 18.2 Å². The molecule has 0 bridgehead atoms. The maximum Gasteiger partial charge on any atom is 0.497 e. The van der Waals surface area contributed by atoms with Crippen LogP contribution in [0, 0.1) is 0 Å². The Morgan fingerprint density at radius 3 is 2.10 bits per heavy atom. The largest absolute Gasteiger partial charge is 0.497 e. The van der Waals surface area contributed by atoms with Crippen LogP contribution in [0.2, 0.25) is 0 Å². The Labute approximate surface area is 180 Å². The van der Waals surface area contributed by atoms with Crippen molar-refractivity contribution in [1.82, 2.24) is 0 Å². The van der Waals surface area contributed by atoms with Crippen molar-refractivity contribution >= 4 is 40.1 Å². The first kappa shape index (κ1) is 24.5. The zero-order valence-corrected chi connectivity index (χ0v) is 20.1. The average Bonchev–Trinajstić information content (AvgIpc) is 2.72. The van der Waals surface area contributed by atoms with Gasteiger partial charge in [-0.1, -0.05) is 6.07 Å². The number of sulfonamides is 1. The SMILES string of the molecule is CC(C)OC(=O)Nc1ccc(B2OC(C)(C)C(C)(C)O2)c(NS(=O)(=O)C(C)(C)C)c1. The van der Waals surface area contributed by atoms with Gasteiger partial charge in [-0.05, 0) is 74.4 Å². The van der Waals surface area contributed by atoms with Gasteiger partial charge in [0.05, 0.1) is 27.7 Å². The average molecular weight is 440 g/mol. The van der Waals surface area contributed by atoms with Gasteiger partial charge in [0.2, 0.25) is 10.0 Å². The van der Waals surface area contributed by atoms with E-state index in [-0.39, 0.29) is 11.8 Å². The molecule has 0 aromatic heterocycles. The van der Waals surface area contributed by atoms with E-state index < -0.39 is 39.2 Å². The molecule has 1 aliphatic heterocycles. The summed E-state index contributed by atoms with van der Waals surface area (Å²) in [6.45, 7) is 16.0. The summed E-state index contributed by atoms with van der Waals surface area (Å²) in [5.74, 6) is 0. The Morgan fingerprint density at radius 2 is 1.63 bits per heavy atom. The van der Waals surface area contributed by atoms with Gasteiger partial charge in [-0.3, -0.25) is 10.0 Å². The lowest BCUT2D eigenvalue weighted by molar-refractivity contribution is 0.00578. The number of amides is 1. The monoisotopic (exact) mass is 440 g/mol. The summed E-state index contributed by atoms with van der Waals surface area (Å²) in [7, 11) is -4.50. The number of ether oxygens (including phenoxy) is 1. The van der Waals surface area contributed by atoms with Crippen molar-refractivity contribution in [3.05, 3.63) is 18.2 Å². The lowest BCUT2D eigenvalue weighted by atomic mass is 9.78. The number of hydrogen-bond acceptors (Lipinski definition) is 6. The highest BCUT2D eigenvalue weighted by molar-refractivity contribution is 7.94. The van der Waals surface area contributed by atoms with E-state index in [1.807, 2.05) is 27.7 Å². The van der Waals surface area contributed by atoms with Crippen molar-refractivity contribution in [1.29, 1.82) is 0 Å². The van der Waals surface area contributed by atoms with Crippen LogP contribution < -0.4 is 15.5 Å². The minimum atomic E-state index is -3.73. The van der Waals surface area contributed by atoms with Gasteiger partial charge in [0.25, 0.3) is 0 Å². The molecular weight excluding hydrogens is 407 g/mol. The smallest absolute Gasteiger partial charge is 0.447 e. The third kappa shape index (κ3) is 5.28. The molecule has 30 heavy (non-hydrogen) atoms. The van der Waals surface area contributed by atoms with Crippen LogP contribution in [0.4, 0.5) is 16.2 Å². The fourth-order valence-corrected chi connectivity index (χ4v) is 3.33. The van der Waals surface area contributed by atoms with E-state index in [4.69, 9.17) is 14.0 Å². The second-order valence-corrected chi connectivity index (χ2v) is 12.1. The van der Waals surface area contributed by atoms with Crippen LogP contribution in [0.1, 0.15) is 62.3 Å². The second kappa shape index (κ2) is 8.05. The molecule has 2 N–H and O–H groups in total. The molecular formula is C20H33BN2O6S. The van der Waals surface area contributed by atoms with Gasteiger partial charge >= 0.3 is 13.2 Å². The van der Waals surface area contributed by atoms with Crippen LogP contribution in [0.5, 0.6) is 0 Å². The van der Waals surface area contributed by atoms with Crippen molar-refractivity contribution in [3.8, 4) is 0 Å². The number of rotatable bonds is 5. The molecule has 0 spiro atoms. The quantitative estimate of drug-likeness (QED) is 0.680. The van der Waals surface area contributed by atoms with E-state index in [1.165, 1.54) is 6.07 Å². The van der Waals surface area contributed by atoms with Gasteiger partial charge in [-0.25, -0.2) is 13.2 Å². The van der Waals surface area contributed by atoms with Crippen molar-refractivity contribution in [3.63, 3.8) is 0 Å². The zero-order valence-electron chi connectivity index (χ0n) is 19.2. The summed E-state index contributed by atoms with van der Waals surface area (Å²) in [4.78, 5) is 12.0. The number of carbonyl (C=O) groups is 1. The zero-order chi connectivity index (χ0) is 23.1. The number of anilines is 2. The Morgan fingerprint density at radius 1 is 1.10 bits per heavy atom. The first-order chi connectivity index (χ1) is 13.5. The van der Waals surface area contributed by atoms with E-state index in [1.54, 1.807) is 46.8 Å². The van der Waals surface area contributed by atoms with Gasteiger partial charge in [0.1, 0.15) is 0 Å². The molecule has 1 fully saturated rings. The predicted molar refractivity (Wildman–Crippen MR) is 120 cm³/mol. The van der Waals surface area contributed by atoms with Gasteiger partial charge in [-0.15, -0.1) is 0 Å². The maximum absolute atomic E-state index is 12.8. The van der Waals surface area contributed by atoms with Crippen LogP contribution in [0.25, 0.3) is 0 Å². The van der Waals surface area contributed by atoms with Gasteiger partial charge < -0.3 is 14.0 Å². The standard InChI is InChI=1S/C20H33BN2O6S/c1-13(2)27-17(24)22-14-10-11-15(21-28-19(6,7)20(8,9)29-21)16(12-14)23-30(25,26)18(3,4)5/h10-13,23H,1-9H3,(H,22,24). The Bertz CT molecular complexity index is 890. The molecule has 1 amide bonds. The first-order valence-corrected chi connectivity index (χ1v) is 11.4. The lowest BCUT2D eigenvalue weighted by Crippen LogP contribution is -2.41. The van der Waals surface area contributed by atoms with Gasteiger partial charge in [0.15, 0.2) is 0 Å². The molecule has 1 aromatic rings. The molecule has 0 saturated carbocycles. The minimum Gasteiger partial charge on any atom is -0.447 e. The van der Waals surface area contributed by atoms with Crippen molar-refractivity contribution in [2.75, 3.05) is 10.0 Å². The minimum absolute atomic E-state index is 0.269. The van der Waals surface area contributed by atoms with Crippen molar-refractivity contribution < 1.29 is 27.3 Å². The Kier molecular flexibility index (Phi) is 6.57. The lowest BCUT2D eigenvalue weighted by Gasteiger charge is -2.32. The van der Waals surface area contributed by atoms with Gasteiger partial charge in [0, 0.05) is 11.2 Å². The van der Waals surface area contributed by atoms with Crippen LogP contribution in [0.3, 0.4) is 0 Å². The first-order valence-electron chi connectivity index (χ1n) is 9.95. The van der Waals surface area contributed by atoms with E-state index in [0.717, 1.165) is 0 Å². The highest BCUT2D eigenvalue weighted by Gasteiger charge is 2.52. The molecule has 10 heteroatoms. The van der Waals surface area contributed by atoms with Crippen LogP contribution >= 0.6 is 0 Å². The number of carbonyl (C=O) groups excluding carboxylic acids is 1. The fraction of sp³-hybridized carbons (Fsp3) is 0.650.